The van der Waals surface area contributed by atoms with Gasteiger partial charge in [-0.15, -0.1) is 0 Å². The molecule has 0 amide bonds. The van der Waals surface area contributed by atoms with Gasteiger partial charge < -0.3 is 4.57 Å². The highest BCUT2D eigenvalue weighted by Gasteiger charge is 2.08. The minimum absolute atomic E-state index is 0.865. The molecular weight excluding hydrogens is 288 g/mol. The summed E-state index contributed by atoms with van der Waals surface area (Å²) in [5.41, 5.74) is 3.50. The van der Waals surface area contributed by atoms with Gasteiger partial charge in [-0.1, -0.05) is 46.3 Å². The Labute approximate surface area is 114 Å². The van der Waals surface area contributed by atoms with E-state index in [2.05, 4.69) is 70.0 Å². The van der Waals surface area contributed by atoms with Crippen LogP contribution in [0.1, 0.15) is 11.4 Å². The Morgan fingerprint density at radius 1 is 1.11 bits per heavy atom. The number of benzene rings is 2. The van der Waals surface area contributed by atoms with Gasteiger partial charge in [-0.05, 0) is 23.8 Å². The van der Waals surface area contributed by atoms with E-state index >= 15 is 0 Å². The lowest BCUT2D eigenvalue weighted by Crippen LogP contribution is -1.98. The predicted molar refractivity (Wildman–Crippen MR) is 77.7 cm³/mol. The van der Waals surface area contributed by atoms with E-state index in [0.717, 1.165) is 22.2 Å². The van der Waals surface area contributed by atoms with Gasteiger partial charge in [0.05, 0.1) is 11.0 Å². The number of halogens is 1. The molecule has 0 aliphatic heterocycles. The van der Waals surface area contributed by atoms with Crippen LogP contribution in [0, 0.1) is 0 Å². The zero-order valence-corrected chi connectivity index (χ0v) is 11.7. The summed E-state index contributed by atoms with van der Waals surface area (Å²) >= 11 is 3.48. The maximum Gasteiger partial charge on any atom is 0.114 e. The van der Waals surface area contributed by atoms with Gasteiger partial charge in [0.2, 0.25) is 0 Å². The summed E-state index contributed by atoms with van der Waals surface area (Å²) in [5, 5.41) is 0. The maximum absolute atomic E-state index is 4.70. The Bertz CT molecular complexity index is 686. The largest absolute Gasteiger partial charge is 0.331 e. The Balaban J connectivity index is 2.05. The number of hydrogen-bond acceptors (Lipinski definition) is 1. The van der Waals surface area contributed by atoms with E-state index < -0.39 is 0 Å². The Morgan fingerprint density at radius 2 is 1.89 bits per heavy atom. The lowest BCUT2D eigenvalue weighted by molar-refractivity contribution is 0.844. The average molecular weight is 301 g/mol. The van der Waals surface area contributed by atoms with Crippen LogP contribution in [0.15, 0.2) is 53.0 Å². The highest BCUT2D eigenvalue weighted by Crippen LogP contribution is 2.21. The standard InChI is InChI=1S/C15H13BrN2/c1-18-14-8-7-12(16)10-13(14)17-15(18)9-11-5-3-2-4-6-11/h2-8,10H,9H2,1H3. The van der Waals surface area contributed by atoms with E-state index in [1.54, 1.807) is 0 Å². The van der Waals surface area contributed by atoms with E-state index in [0.29, 0.717) is 0 Å². The van der Waals surface area contributed by atoms with Crippen molar-refractivity contribution in [1.82, 2.24) is 9.55 Å². The molecule has 18 heavy (non-hydrogen) atoms. The minimum Gasteiger partial charge on any atom is -0.331 e. The molecule has 2 nitrogen and oxygen atoms in total. The third-order valence-corrected chi connectivity index (χ3v) is 3.63. The first kappa shape index (κ1) is 11.5. The number of nitrogens with zero attached hydrogens (tertiary/aromatic N) is 2. The molecule has 0 saturated heterocycles. The molecule has 0 bridgehead atoms. The van der Waals surface area contributed by atoms with Gasteiger partial charge in [-0.3, -0.25) is 0 Å². The zero-order valence-electron chi connectivity index (χ0n) is 10.1. The average Bonchev–Trinajstić information content (AvgIpc) is 2.67. The van der Waals surface area contributed by atoms with Crippen LogP contribution in [0.25, 0.3) is 11.0 Å². The summed E-state index contributed by atoms with van der Waals surface area (Å²) in [5.74, 6) is 1.09. The quantitative estimate of drug-likeness (QED) is 0.701. The van der Waals surface area contributed by atoms with Crippen molar-refractivity contribution in [2.75, 3.05) is 0 Å². The van der Waals surface area contributed by atoms with Gasteiger partial charge in [0.15, 0.2) is 0 Å². The second-order valence-corrected chi connectivity index (χ2v) is 5.30. The number of hydrogen-bond donors (Lipinski definition) is 0. The minimum atomic E-state index is 0.865. The van der Waals surface area contributed by atoms with Gasteiger partial charge in [0.25, 0.3) is 0 Å². The van der Waals surface area contributed by atoms with E-state index in [1.807, 2.05) is 6.07 Å². The topological polar surface area (TPSA) is 17.8 Å². The van der Waals surface area contributed by atoms with Crippen molar-refractivity contribution >= 4 is 27.0 Å². The van der Waals surface area contributed by atoms with Crippen molar-refractivity contribution in [2.45, 2.75) is 6.42 Å². The predicted octanol–water partition coefficient (Wildman–Crippen LogP) is 3.93. The van der Waals surface area contributed by atoms with Crippen LogP contribution in [-0.2, 0) is 13.5 Å². The molecule has 0 aliphatic rings. The fourth-order valence-electron chi connectivity index (χ4n) is 2.16. The van der Waals surface area contributed by atoms with Crippen molar-refractivity contribution < 1.29 is 0 Å². The molecule has 3 rings (SSSR count). The molecule has 1 aromatic heterocycles. The SMILES string of the molecule is Cn1c(Cc2ccccc2)nc2cc(Br)ccc21. The first-order chi connectivity index (χ1) is 8.74. The molecule has 0 fully saturated rings. The van der Waals surface area contributed by atoms with Crippen molar-refractivity contribution in [3.8, 4) is 0 Å². The molecule has 0 spiro atoms. The molecule has 0 radical (unpaired) electrons. The summed E-state index contributed by atoms with van der Waals surface area (Å²) < 4.78 is 3.23. The normalized spacial score (nSPS) is 11.0. The fourth-order valence-corrected chi connectivity index (χ4v) is 2.51. The van der Waals surface area contributed by atoms with Crippen LogP contribution >= 0.6 is 15.9 Å². The molecule has 0 unspecified atom stereocenters. The first-order valence-corrected chi connectivity index (χ1v) is 6.68. The van der Waals surface area contributed by atoms with Crippen molar-refractivity contribution in [1.29, 1.82) is 0 Å². The van der Waals surface area contributed by atoms with Crippen molar-refractivity contribution in [3.63, 3.8) is 0 Å². The van der Waals surface area contributed by atoms with E-state index in [1.165, 1.54) is 11.1 Å². The van der Waals surface area contributed by atoms with Gasteiger partial charge in [0, 0.05) is 17.9 Å². The highest BCUT2D eigenvalue weighted by molar-refractivity contribution is 9.10. The number of fused-ring (bicyclic) bond motifs is 1. The number of imidazole rings is 1. The summed E-state index contributed by atoms with van der Waals surface area (Å²) in [6.45, 7) is 0. The monoisotopic (exact) mass is 300 g/mol. The Hall–Kier alpha value is -1.61. The maximum atomic E-state index is 4.70. The molecule has 0 aliphatic carbocycles. The molecule has 90 valence electrons. The van der Waals surface area contributed by atoms with Crippen LogP contribution in [0.4, 0.5) is 0 Å². The summed E-state index contributed by atoms with van der Waals surface area (Å²) in [7, 11) is 2.07. The van der Waals surface area contributed by atoms with E-state index in [-0.39, 0.29) is 0 Å². The lowest BCUT2D eigenvalue weighted by Gasteiger charge is -2.02. The molecular formula is C15H13BrN2. The zero-order chi connectivity index (χ0) is 12.5. The molecule has 2 aromatic carbocycles. The second kappa shape index (κ2) is 4.58. The molecule has 0 N–H and O–H groups in total. The second-order valence-electron chi connectivity index (χ2n) is 4.38. The smallest absolute Gasteiger partial charge is 0.114 e. The van der Waals surface area contributed by atoms with E-state index in [9.17, 15) is 0 Å². The first-order valence-electron chi connectivity index (χ1n) is 5.89. The number of aromatic nitrogens is 2. The summed E-state index contributed by atoms with van der Waals surface area (Å²) in [6.07, 6.45) is 0.865. The number of rotatable bonds is 2. The fraction of sp³-hybridized carbons (Fsp3) is 0.133. The van der Waals surface area contributed by atoms with Crippen LogP contribution in [-0.4, -0.2) is 9.55 Å². The van der Waals surface area contributed by atoms with E-state index in [4.69, 9.17) is 4.98 Å². The molecule has 0 saturated carbocycles. The highest BCUT2D eigenvalue weighted by atomic mass is 79.9. The Kier molecular flexibility index (Phi) is 2.92. The van der Waals surface area contributed by atoms with Gasteiger partial charge in [-0.25, -0.2) is 4.98 Å². The van der Waals surface area contributed by atoms with Gasteiger partial charge in [0.1, 0.15) is 5.82 Å². The van der Waals surface area contributed by atoms with Crippen LogP contribution in [0.5, 0.6) is 0 Å². The van der Waals surface area contributed by atoms with Crippen LogP contribution in [0.3, 0.4) is 0 Å². The molecule has 0 atom stereocenters. The van der Waals surface area contributed by atoms with Crippen LogP contribution < -0.4 is 0 Å². The summed E-state index contributed by atoms with van der Waals surface area (Å²) in [4.78, 5) is 4.70. The summed E-state index contributed by atoms with van der Waals surface area (Å²) in [6, 6.07) is 16.6. The molecule has 3 heteroatoms. The lowest BCUT2D eigenvalue weighted by atomic mass is 10.1. The molecule has 3 aromatic rings. The van der Waals surface area contributed by atoms with Gasteiger partial charge in [-0.2, -0.15) is 0 Å². The number of aryl methyl sites for hydroxylation is 1. The third-order valence-electron chi connectivity index (χ3n) is 3.14. The third kappa shape index (κ3) is 2.06. The Morgan fingerprint density at radius 3 is 2.67 bits per heavy atom. The van der Waals surface area contributed by atoms with Gasteiger partial charge >= 0.3 is 0 Å². The van der Waals surface area contributed by atoms with Crippen molar-refractivity contribution in [3.05, 3.63) is 64.4 Å². The van der Waals surface area contributed by atoms with Crippen LogP contribution in [0.2, 0.25) is 0 Å². The molecule has 1 heterocycles. The van der Waals surface area contributed by atoms with Crippen molar-refractivity contribution in [2.24, 2.45) is 7.05 Å².